The highest BCUT2D eigenvalue weighted by Gasteiger charge is 2.33. The molecule has 2 atom stereocenters. The Balaban J connectivity index is 2.45. The van der Waals surface area contributed by atoms with Crippen LogP contribution >= 0.6 is 0 Å². The highest BCUT2D eigenvalue weighted by molar-refractivity contribution is 4.93. The lowest BCUT2D eigenvalue weighted by atomic mass is 9.80. The molecule has 1 aliphatic rings. The second kappa shape index (κ2) is 7.32. The zero-order chi connectivity index (χ0) is 11.9. The fourth-order valence-corrected chi connectivity index (χ4v) is 3.33. The van der Waals surface area contributed by atoms with E-state index in [4.69, 9.17) is 0 Å². The lowest BCUT2D eigenvalue weighted by molar-refractivity contribution is 0.248. The third kappa shape index (κ3) is 4.08. The van der Waals surface area contributed by atoms with Gasteiger partial charge in [-0.1, -0.05) is 52.9 Å². The molecule has 96 valence electrons. The van der Waals surface area contributed by atoms with Crippen LogP contribution < -0.4 is 5.32 Å². The molecule has 0 spiro atoms. The first-order valence-electron chi connectivity index (χ1n) is 7.51. The van der Waals surface area contributed by atoms with Crippen molar-refractivity contribution in [3.63, 3.8) is 0 Å². The third-order valence-electron chi connectivity index (χ3n) is 4.28. The molecule has 0 aromatic rings. The number of hydrogen-bond donors (Lipinski definition) is 1. The van der Waals surface area contributed by atoms with Crippen LogP contribution in [-0.2, 0) is 0 Å². The van der Waals surface area contributed by atoms with Crippen molar-refractivity contribution in [2.75, 3.05) is 6.54 Å². The second-order valence-corrected chi connectivity index (χ2v) is 5.68. The molecule has 0 radical (unpaired) electrons. The number of rotatable bonds is 8. The van der Waals surface area contributed by atoms with E-state index >= 15 is 0 Å². The first-order valence-corrected chi connectivity index (χ1v) is 7.51. The van der Waals surface area contributed by atoms with Gasteiger partial charge in [0.1, 0.15) is 0 Å². The molecule has 0 aliphatic carbocycles. The molecule has 0 saturated carbocycles. The van der Waals surface area contributed by atoms with Gasteiger partial charge in [-0.15, -0.1) is 0 Å². The number of unbranched alkanes of at least 4 members (excludes halogenated alkanes) is 1. The standard InChI is InChI=1S/C15H31N/c1-4-7-9-14(6-3)13-15(10-5-2)11-8-12-16-15/h14,16H,4-13H2,1-3H3. The van der Waals surface area contributed by atoms with E-state index < -0.39 is 0 Å². The molecule has 1 saturated heterocycles. The largest absolute Gasteiger partial charge is 0.311 e. The summed E-state index contributed by atoms with van der Waals surface area (Å²) in [7, 11) is 0. The van der Waals surface area contributed by atoms with Gasteiger partial charge < -0.3 is 5.32 Å². The van der Waals surface area contributed by atoms with E-state index in [1.165, 1.54) is 64.3 Å². The first-order chi connectivity index (χ1) is 7.76. The maximum absolute atomic E-state index is 3.81. The number of nitrogens with one attached hydrogen (secondary N) is 1. The highest BCUT2D eigenvalue weighted by atomic mass is 15.0. The van der Waals surface area contributed by atoms with Crippen LogP contribution in [0.4, 0.5) is 0 Å². The van der Waals surface area contributed by atoms with Gasteiger partial charge >= 0.3 is 0 Å². The Kier molecular flexibility index (Phi) is 6.41. The minimum Gasteiger partial charge on any atom is -0.311 e. The summed E-state index contributed by atoms with van der Waals surface area (Å²) in [5.74, 6) is 0.956. The van der Waals surface area contributed by atoms with E-state index in [1.807, 2.05) is 0 Å². The van der Waals surface area contributed by atoms with Gasteiger partial charge in [-0.3, -0.25) is 0 Å². The predicted molar refractivity (Wildman–Crippen MR) is 72.8 cm³/mol. The number of hydrogen-bond acceptors (Lipinski definition) is 1. The molecule has 1 aliphatic heterocycles. The quantitative estimate of drug-likeness (QED) is 0.640. The summed E-state index contributed by atoms with van der Waals surface area (Å²) in [6.45, 7) is 8.26. The molecular formula is C15H31N. The van der Waals surface area contributed by atoms with E-state index in [2.05, 4.69) is 26.1 Å². The van der Waals surface area contributed by atoms with Crippen LogP contribution in [0.2, 0.25) is 0 Å². The minimum absolute atomic E-state index is 0.517. The van der Waals surface area contributed by atoms with Gasteiger partial charge in [-0.05, 0) is 38.1 Å². The van der Waals surface area contributed by atoms with Crippen molar-refractivity contribution >= 4 is 0 Å². The smallest absolute Gasteiger partial charge is 0.0184 e. The maximum Gasteiger partial charge on any atom is 0.0184 e. The van der Waals surface area contributed by atoms with E-state index in [9.17, 15) is 0 Å². The van der Waals surface area contributed by atoms with Crippen molar-refractivity contribution in [3.8, 4) is 0 Å². The minimum atomic E-state index is 0.517. The van der Waals surface area contributed by atoms with Gasteiger partial charge in [0.05, 0.1) is 0 Å². The second-order valence-electron chi connectivity index (χ2n) is 5.68. The van der Waals surface area contributed by atoms with Gasteiger partial charge in [-0.25, -0.2) is 0 Å². The molecule has 16 heavy (non-hydrogen) atoms. The van der Waals surface area contributed by atoms with E-state index in [1.54, 1.807) is 0 Å². The topological polar surface area (TPSA) is 12.0 Å². The molecule has 0 aromatic heterocycles. The molecule has 1 nitrogen and oxygen atoms in total. The molecule has 0 aromatic carbocycles. The summed E-state index contributed by atoms with van der Waals surface area (Å²) in [6.07, 6.45) is 12.5. The average molecular weight is 225 g/mol. The van der Waals surface area contributed by atoms with Gasteiger partial charge in [0.15, 0.2) is 0 Å². The van der Waals surface area contributed by atoms with Gasteiger partial charge in [-0.2, -0.15) is 0 Å². The molecular weight excluding hydrogens is 194 g/mol. The highest BCUT2D eigenvalue weighted by Crippen LogP contribution is 2.34. The molecule has 1 rings (SSSR count). The van der Waals surface area contributed by atoms with Gasteiger partial charge in [0, 0.05) is 5.54 Å². The van der Waals surface area contributed by atoms with Crippen molar-refractivity contribution in [2.24, 2.45) is 5.92 Å². The van der Waals surface area contributed by atoms with Gasteiger partial charge in [0.2, 0.25) is 0 Å². The molecule has 1 fully saturated rings. The Morgan fingerprint density at radius 3 is 2.50 bits per heavy atom. The fraction of sp³-hybridized carbons (Fsp3) is 1.00. The van der Waals surface area contributed by atoms with Crippen molar-refractivity contribution in [2.45, 2.75) is 84.1 Å². The Morgan fingerprint density at radius 1 is 1.19 bits per heavy atom. The van der Waals surface area contributed by atoms with Crippen LogP contribution in [0.1, 0.15) is 78.6 Å². The summed E-state index contributed by atoms with van der Waals surface area (Å²) >= 11 is 0. The Labute approximate surface area is 102 Å². The summed E-state index contributed by atoms with van der Waals surface area (Å²) in [5.41, 5.74) is 0.517. The summed E-state index contributed by atoms with van der Waals surface area (Å²) in [4.78, 5) is 0. The van der Waals surface area contributed by atoms with E-state index in [-0.39, 0.29) is 0 Å². The van der Waals surface area contributed by atoms with Crippen LogP contribution in [0.25, 0.3) is 0 Å². The van der Waals surface area contributed by atoms with Crippen LogP contribution in [-0.4, -0.2) is 12.1 Å². The van der Waals surface area contributed by atoms with Crippen molar-refractivity contribution < 1.29 is 0 Å². The molecule has 2 unspecified atom stereocenters. The SMILES string of the molecule is CCCCC(CC)CC1(CCC)CCCN1. The van der Waals surface area contributed by atoms with E-state index in [0.717, 1.165) is 5.92 Å². The summed E-state index contributed by atoms with van der Waals surface area (Å²) in [6, 6.07) is 0. The molecule has 1 N–H and O–H groups in total. The molecule has 0 amide bonds. The van der Waals surface area contributed by atoms with Crippen LogP contribution in [0.15, 0.2) is 0 Å². The lowest BCUT2D eigenvalue weighted by Crippen LogP contribution is -2.41. The maximum atomic E-state index is 3.81. The normalized spacial score (nSPS) is 27.2. The Hall–Kier alpha value is -0.0400. The molecule has 0 bridgehead atoms. The van der Waals surface area contributed by atoms with E-state index in [0.29, 0.717) is 5.54 Å². The van der Waals surface area contributed by atoms with Crippen LogP contribution in [0, 0.1) is 5.92 Å². The van der Waals surface area contributed by atoms with Crippen LogP contribution in [0.3, 0.4) is 0 Å². The molecule has 1 heteroatoms. The predicted octanol–water partition coefficient (Wildman–Crippen LogP) is 4.52. The van der Waals surface area contributed by atoms with Crippen molar-refractivity contribution in [1.29, 1.82) is 0 Å². The van der Waals surface area contributed by atoms with Crippen molar-refractivity contribution in [1.82, 2.24) is 5.32 Å². The average Bonchev–Trinajstić information content (AvgIpc) is 2.73. The molecule has 1 heterocycles. The zero-order valence-corrected chi connectivity index (χ0v) is 11.6. The third-order valence-corrected chi connectivity index (χ3v) is 4.28. The Bertz CT molecular complexity index is 170. The zero-order valence-electron chi connectivity index (χ0n) is 11.6. The monoisotopic (exact) mass is 225 g/mol. The van der Waals surface area contributed by atoms with Gasteiger partial charge in [0.25, 0.3) is 0 Å². The summed E-state index contributed by atoms with van der Waals surface area (Å²) < 4.78 is 0. The van der Waals surface area contributed by atoms with Crippen molar-refractivity contribution in [3.05, 3.63) is 0 Å². The van der Waals surface area contributed by atoms with Crippen LogP contribution in [0.5, 0.6) is 0 Å². The summed E-state index contributed by atoms with van der Waals surface area (Å²) in [5, 5.41) is 3.81. The first kappa shape index (κ1) is 14.0. The Morgan fingerprint density at radius 2 is 2.00 bits per heavy atom. The lowest BCUT2D eigenvalue weighted by Gasteiger charge is -2.33. The fourth-order valence-electron chi connectivity index (χ4n) is 3.33.